The summed E-state index contributed by atoms with van der Waals surface area (Å²) in [6.45, 7) is 2.19. The predicted molar refractivity (Wildman–Crippen MR) is 101 cm³/mol. The Bertz CT molecular complexity index is 1020. The van der Waals surface area contributed by atoms with Crippen LogP contribution in [0.4, 0.5) is 5.13 Å². The van der Waals surface area contributed by atoms with Crippen LogP contribution in [0.3, 0.4) is 0 Å². The molecule has 0 radical (unpaired) electrons. The number of thiazole rings is 1. The van der Waals surface area contributed by atoms with E-state index in [4.69, 9.17) is 14.2 Å². The highest BCUT2D eigenvalue weighted by molar-refractivity contribution is 7.22. The normalized spacial score (nSPS) is 15.4. The zero-order valence-corrected chi connectivity index (χ0v) is 15.2. The van der Waals surface area contributed by atoms with Gasteiger partial charge in [0.15, 0.2) is 16.6 Å². The lowest BCUT2D eigenvalue weighted by Gasteiger charge is -2.25. The third-order valence-corrected chi connectivity index (χ3v) is 4.86. The molecular weight excluding hydrogens is 368 g/mol. The lowest BCUT2D eigenvalue weighted by atomic mass is 10.2. The minimum Gasteiger partial charge on any atom is -0.485 e. The van der Waals surface area contributed by atoms with E-state index in [1.54, 1.807) is 37.3 Å². The molecule has 1 N–H and O–H groups in total. The summed E-state index contributed by atoms with van der Waals surface area (Å²) >= 11 is 1.28. The zero-order valence-electron chi connectivity index (χ0n) is 14.4. The molecule has 0 fully saturated rings. The van der Waals surface area contributed by atoms with Crippen molar-refractivity contribution in [1.29, 1.82) is 0 Å². The number of esters is 1. The number of aromatic nitrogens is 1. The summed E-state index contributed by atoms with van der Waals surface area (Å²) in [6, 6.07) is 12.3. The number of ether oxygens (including phenoxy) is 3. The highest BCUT2D eigenvalue weighted by Crippen LogP contribution is 2.32. The second-order valence-corrected chi connectivity index (χ2v) is 6.81. The number of amides is 1. The van der Waals surface area contributed by atoms with Gasteiger partial charge >= 0.3 is 5.97 Å². The van der Waals surface area contributed by atoms with E-state index < -0.39 is 6.10 Å². The summed E-state index contributed by atoms with van der Waals surface area (Å²) in [6.07, 6.45) is -0.762. The van der Waals surface area contributed by atoms with Crippen molar-refractivity contribution in [3.8, 4) is 11.5 Å². The van der Waals surface area contributed by atoms with Gasteiger partial charge in [-0.25, -0.2) is 9.78 Å². The van der Waals surface area contributed by atoms with Crippen molar-refractivity contribution < 1.29 is 23.8 Å². The maximum Gasteiger partial charge on any atom is 0.338 e. The fourth-order valence-electron chi connectivity index (χ4n) is 2.65. The van der Waals surface area contributed by atoms with Gasteiger partial charge in [0, 0.05) is 0 Å². The molecule has 0 saturated carbocycles. The van der Waals surface area contributed by atoms with E-state index in [0.717, 1.165) is 4.70 Å². The first-order valence-corrected chi connectivity index (χ1v) is 9.23. The van der Waals surface area contributed by atoms with Crippen LogP contribution in [0.15, 0.2) is 42.5 Å². The summed E-state index contributed by atoms with van der Waals surface area (Å²) in [5.41, 5.74) is 1.14. The number of rotatable bonds is 4. The number of fused-ring (bicyclic) bond motifs is 2. The van der Waals surface area contributed by atoms with Gasteiger partial charge in [-0.2, -0.15) is 0 Å². The third kappa shape index (κ3) is 3.56. The quantitative estimate of drug-likeness (QED) is 0.695. The molecule has 3 aromatic rings. The molecule has 1 amide bonds. The molecule has 0 saturated heterocycles. The Morgan fingerprint density at radius 2 is 2.07 bits per heavy atom. The molecule has 1 aliphatic heterocycles. The van der Waals surface area contributed by atoms with Crippen LogP contribution in [-0.4, -0.2) is 36.2 Å². The highest BCUT2D eigenvalue weighted by atomic mass is 32.1. The Labute approximate surface area is 158 Å². The lowest BCUT2D eigenvalue weighted by Crippen LogP contribution is -2.40. The molecule has 8 heteroatoms. The van der Waals surface area contributed by atoms with Crippen LogP contribution in [0.1, 0.15) is 17.3 Å². The summed E-state index contributed by atoms with van der Waals surface area (Å²) in [7, 11) is 0. The van der Waals surface area contributed by atoms with Crippen molar-refractivity contribution in [3.05, 3.63) is 48.0 Å². The molecule has 1 aromatic heterocycles. The van der Waals surface area contributed by atoms with Gasteiger partial charge in [-0.05, 0) is 37.3 Å². The molecule has 0 unspecified atom stereocenters. The maximum atomic E-state index is 12.5. The van der Waals surface area contributed by atoms with Crippen molar-refractivity contribution in [2.75, 3.05) is 18.5 Å². The average Bonchev–Trinajstić information content (AvgIpc) is 3.09. The van der Waals surface area contributed by atoms with Crippen LogP contribution >= 0.6 is 11.3 Å². The molecule has 27 heavy (non-hydrogen) atoms. The Morgan fingerprint density at radius 1 is 1.26 bits per heavy atom. The molecule has 2 aromatic carbocycles. The standard InChI is InChI=1S/C19H16N2O5S/c1-2-24-18(23)11-7-8-12-16(9-11)27-19(20-12)21-17(22)15-10-25-13-5-3-4-6-14(13)26-15/h3-9,15H,2,10H2,1H3,(H,20,21,22)/t15-/m0/s1. The second kappa shape index (κ2) is 7.24. The highest BCUT2D eigenvalue weighted by Gasteiger charge is 2.28. The van der Waals surface area contributed by atoms with E-state index in [-0.39, 0.29) is 18.5 Å². The van der Waals surface area contributed by atoms with Crippen LogP contribution < -0.4 is 14.8 Å². The first kappa shape index (κ1) is 17.3. The number of nitrogens with zero attached hydrogens (tertiary/aromatic N) is 1. The number of hydrogen-bond donors (Lipinski definition) is 1. The second-order valence-electron chi connectivity index (χ2n) is 5.78. The lowest BCUT2D eigenvalue weighted by molar-refractivity contribution is -0.125. The Morgan fingerprint density at radius 3 is 2.89 bits per heavy atom. The average molecular weight is 384 g/mol. The minimum atomic E-state index is -0.762. The molecule has 1 atom stereocenters. The molecule has 0 aliphatic carbocycles. The van der Waals surface area contributed by atoms with Crippen LogP contribution in [0.25, 0.3) is 10.2 Å². The van der Waals surface area contributed by atoms with Gasteiger partial charge in [-0.1, -0.05) is 23.5 Å². The van der Waals surface area contributed by atoms with Gasteiger partial charge < -0.3 is 14.2 Å². The molecule has 0 bridgehead atoms. The van der Waals surface area contributed by atoms with Gasteiger partial charge in [0.05, 0.1) is 22.4 Å². The van der Waals surface area contributed by atoms with E-state index in [9.17, 15) is 9.59 Å². The number of anilines is 1. The number of nitrogens with one attached hydrogen (secondary N) is 1. The van der Waals surface area contributed by atoms with Crippen molar-refractivity contribution in [1.82, 2.24) is 4.98 Å². The number of carbonyl (C=O) groups is 2. The molecule has 0 spiro atoms. The van der Waals surface area contributed by atoms with Crippen molar-refractivity contribution >= 4 is 38.6 Å². The molecule has 138 valence electrons. The largest absolute Gasteiger partial charge is 0.485 e. The Kier molecular flexibility index (Phi) is 4.64. The van der Waals surface area contributed by atoms with Crippen LogP contribution in [0.5, 0.6) is 11.5 Å². The van der Waals surface area contributed by atoms with Crippen molar-refractivity contribution in [3.63, 3.8) is 0 Å². The first-order chi connectivity index (χ1) is 13.1. The van der Waals surface area contributed by atoms with Gasteiger partial charge in [-0.3, -0.25) is 10.1 Å². The number of hydrogen-bond acceptors (Lipinski definition) is 7. The van der Waals surface area contributed by atoms with E-state index in [2.05, 4.69) is 10.3 Å². The van der Waals surface area contributed by atoms with E-state index >= 15 is 0 Å². The number of benzene rings is 2. The fourth-order valence-corrected chi connectivity index (χ4v) is 3.56. The third-order valence-electron chi connectivity index (χ3n) is 3.93. The summed E-state index contributed by atoms with van der Waals surface area (Å²) < 4.78 is 17.0. The number of carbonyl (C=O) groups excluding carboxylic acids is 2. The molecular formula is C19H16N2O5S. The van der Waals surface area contributed by atoms with Crippen LogP contribution in [0, 0.1) is 0 Å². The van der Waals surface area contributed by atoms with Crippen LogP contribution in [0.2, 0.25) is 0 Å². The topological polar surface area (TPSA) is 86.8 Å². The van der Waals surface area contributed by atoms with E-state index in [1.807, 2.05) is 12.1 Å². The van der Waals surface area contributed by atoms with Gasteiger partial charge in [0.25, 0.3) is 5.91 Å². The van der Waals surface area contributed by atoms with E-state index in [1.165, 1.54) is 11.3 Å². The Balaban J connectivity index is 1.48. The predicted octanol–water partition coefficient (Wildman–Crippen LogP) is 3.25. The maximum absolute atomic E-state index is 12.5. The monoisotopic (exact) mass is 384 g/mol. The Hall–Kier alpha value is -3.13. The van der Waals surface area contributed by atoms with Gasteiger partial charge in [0.1, 0.15) is 6.61 Å². The molecule has 1 aliphatic rings. The van der Waals surface area contributed by atoms with Crippen molar-refractivity contribution in [2.45, 2.75) is 13.0 Å². The number of para-hydroxylation sites is 2. The fraction of sp³-hybridized carbons (Fsp3) is 0.211. The molecule has 4 rings (SSSR count). The van der Waals surface area contributed by atoms with Crippen molar-refractivity contribution in [2.24, 2.45) is 0 Å². The summed E-state index contributed by atoms with van der Waals surface area (Å²) in [4.78, 5) is 28.7. The van der Waals surface area contributed by atoms with Gasteiger partial charge in [0.2, 0.25) is 6.10 Å². The van der Waals surface area contributed by atoms with Gasteiger partial charge in [-0.15, -0.1) is 0 Å². The first-order valence-electron chi connectivity index (χ1n) is 8.41. The van der Waals surface area contributed by atoms with Crippen LogP contribution in [-0.2, 0) is 9.53 Å². The summed E-state index contributed by atoms with van der Waals surface area (Å²) in [5, 5.41) is 3.18. The SMILES string of the molecule is CCOC(=O)c1ccc2nc(NC(=O)[C@@H]3COc4ccccc4O3)sc2c1. The minimum absolute atomic E-state index is 0.126. The van der Waals surface area contributed by atoms with E-state index in [0.29, 0.717) is 34.3 Å². The molecule has 7 nitrogen and oxygen atoms in total. The summed E-state index contributed by atoms with van der Waals surface area (Å²) in [5.74, 6) is 0.430. The molecule has 2 heterocycles. The smallest absolute Gasteiger partial charge is 0.338 e. The zero-order chi connectivity index (χ0) is 18.8.